The van der Waals surface area contributed by atoms with Gasteiger partial charge in [-0.05, 0) is 51.1 Å². The van der Waals surface area contributed by atoms with Gasteiger partial charge in [0.2, 0.25) is 12.3 Å². The van der Waals surface area contributed by atoms with Gasteiger partial charge in [0.15, 0.2) is 0 Å². The van der Waals surface area contributed by atoms with Crippen molar-refractivity contribution in [1.29, 1.82) is 0 Å². The number of benzene rings is 1. The lowest BCUT2D eigenvalue weighted by Gasteiger charge is -2.26. The van der Waals surface area contributed by atoms with Crippen molar-refractivity contribution >= 4 is 24.3 Å². The number of aldehydes is 1. The number of hydrazine groups is 1. The number of rotatable bonds is 17. The van der Waals surface area contributed by atoms with Crippen LogP contribution in [-0.2, 0) is 16.1 Å². The van der Waals surface area contributed by atoms with Crippen molar-refractivity contribution in [3.8, 4) is 0 Å². The van der Waals surface area contributed by atoms with E-state index in [0.717, 1.165) is 44.9 Å². The minimum atomic E-state index is -0.0509. The van der Waals surface area contributed by atoms with Gasteiger partial charge in [0.1, 0.15) is 6.29 Å². The van der Waals surface area contributed by atoms with Crippen LogP contribution in [0.2, 0.25) is 0 Å². The number of anilines is 1. The van der Waals surface area contributed by atoms with E-state index in [-0.39, 0.29) is 5.91 Å². The smallest absolute Gasteiger partial charge is 0.224 e. The van der Waals surface area contributed by atoms with Crippen LogP contribution < -0.4 is 21.8 Å². The molecule has 1 aliphatic carbocycles. The van der Waals surface area contributed by atoms with Gasteiger partial charge in [0.05, 0.1) is 0 Å². The molecule has 0 heterocycles. The van der Waals surface area contributed by atoms with Gasteiger partial charge < -0.3 is 16.4 Å². The number of nitrogens with one attached hydrogen (secondary N) is 3. The number of nitrogens with two attached hydrogens (primary N) is 1. The van der Waals surface area contributed by atoms with Crippen molar-refractivity contribution in [3.63, 3.8) is 0 Å². The van der Waals surface area contributed by atoms with Crippen molar-refractivity contribution < 1.29 is 14.4 Å². The predicted octanol–water partition coefficient (Wildman–Crippen LogP) is 3.51. The fraction of sp³-hybridized carbons (Fsp3) is 0.654. The molecule has 1 aromatic rings. The average molecular weight is 474 g/mol. The summed E-state index contributed by atoms with van der Waals surface area (Å²) >= 11 is 0. The second-order valence-corrected chi connectivity index (χ2v) is 9.43. The fourth-order valence-corrected chi connectivity index (χ4v) is 4.52. The monoisotopic (exact) mass is 473 g/mol. The van der Waals surface area contributed by atoms with Crippen LogP contribution in [0.3, 0.4) is 0 Å². The number of amides is 2. The molecule has 0 aromatic heterocycles. The van der Waals surface area contributed by atoms with Gasteiger partial charge in [-0.3, -0.25) is 19.8 Å². The molecule has 1 saturated carbocycles. The van der Waals surface area contributed by atoms with Crippen LogP contribution in [0.15, 0.2) is 18.2 Å². The van der Waals surface area contributed by atoms with E-state index in [1.54, 1.807) is 30.3 Å². The SMILES string of the molecule is CN(Cc1c(C=O)cccc1NC(=O)CCCCCCCCCNC1CCC(N)CC1)NC=O. The molecule has 8 heteroatoms. The van der Waals surface area contributed by atoms with E-state index in [1.807, 2.05) is 0 Å². The summed E-state index contributed by atoms with van der Waals surface area (Å²) in [4.78, 5) is 34.5. The summed E-state index contributed by atoms with van der Waals surface area (Å²) in [5.74, 6) is -0.0509. The number of carbonyl (C=O) groups excluding carboxylic acids is 3. The third-order valence-electron chi connectivity index (χ3n) is 6.57. The zero-order valence-electron chi connectivity index (χ0n) is 20.7. The molecule has 0 atom stereocenters. The lowest BCUT2D eigenvalue weighted by Crippen LogP contribution is -2.37. The van der Waals surface area contributed by atoms with E-state index in [4.69, 9.17) is 5.73 Å². The lowest BCUT2D eigenvalue weighted by molar-refractivity contribution is -0.116. The van der Waals surface area contributed by atoms with E-state index in [2.05, 4.69) is 16.1 Å². The topological polar surface area (TPSA) is 117 Å². The van der Waals surface area contributed by atoms with E-state index in [1.165, 1.54) is 38.5 Å². The lowest BCUT2D eigenvalue weighted by atomic mass is 9.92. The molecule has 190 valence electrons. The third-order valence-corrected chi connectivity index (χ3v) is 6.57. The Bertz CT molecular complexity index is 750. The van der Waals surface area contributed by atoms with Crippen molar-refractivity contribution in [1.82, 2.24) is 15.8 Å². The van der Waals surface area contributed by atoms with Gasteiger partial charge in [0.25, 0.3) is 0 Å². The highest BCUT2D eigenvalue weighted by Gasteiger charge is 2.17. The Kier molecular flexibility index (Phi) is 13.4. The molecule has 0 bridgehead atoms. The third kappa shape index (κ3) is 10.8. The van der Waals surface area contributed by atoms with Crippen molar-refractivity contribution in [2.45, 2.75) is 95.7 Å². The normalized spacial score (nSPS) is 18.0. The number of hydrogen-bond acceptors (Lipinski definition) is 6. The number of nitrogens with zero attached hydrogens (tertiary/aromatic N) is 1. The van der Waals surface area contributed by atoms with E-state index in [9.17, 15) is 14.4 Å². The minimum Gasteiger partial charge on any atom is -0.328 e. The summed E-state index contributed by atoms with van der Waals surface area (Å²) in [6.07, 6.45) is 14.5. The standard InChI is InChI=1S/C26H43N5O3/c1-31(29-20-33)18-24-21(19-32)10-9-11-25(24)30-26(34)12-7-5-3-2-4-6-8-17-28-23-15-13-22(27)14-16-23/h9-11,19-20,22-23,28H,2-8,12-18,27H2,1H3,(H,29,33)(H,30,34). The van der Waals surface area contributed by atoms with Gasteiger partial charge in [-0.25, -0.2) is 5.01 Å². The molecule has 0 aliphatic heterocycles. The first-order valence-electron chi connectivity index (χ1n) is 12.8. The Balaban J connectivity index is 1.56. The van der Waals surface area contributed by atoms with Crippen molar-refractivity contribution in [3.05, 3.63) is 29.3 Å². The van der Waals surface area contributed by atoms with Crippen LogP contribution in [0.4, 0.5) is 5.69 Å². The molecule has 0 saturated heterocycles. The molecule has 5 N–H and O–H groups in total. The Hall–Kier alpha value is -2.29. The van der Waals surface area contributed by atoms with Crippen LogP contribution in [-0.4, -0.2) is 49.3 Å². The van der Waals surface area contributed by atoms with Gasteiger partial charge in [-0.15, -0.1) is 0 Å². The Morgan fingerprint density at radius 1 is 1.03 bits per heavy atom. The first kappa shape index (κ1) is 28.0. The molecule has 1 fully saturated rings. The summed E-state index contributed by atoms with van der Waals surface area (Å²) < 4.78 is 0. The molecule has 8 nitrogen and oxygen atoms in total. The number of carbonyl (C=O) groups is 3. The van der Waals surface area contributed by atoms with Gasteiger partial charge >= 0.3 is 0 Å². The average Bonchev–Trinajstić information content (AvgIpc) is 2.82. The summed E-state index contributed by atoms with van der Waals surface area (Å²) in [7, 11) is 1.70. The van der Waals surface area contributed by atoms with Crippen LogP contribution in [0.5, 0.6) is 0 Å². The highest BCUT2D eigenvalue weighted by atomic mass is 16.1. The molecule has 2 rings (SSSR count). The van der Waals surface area contributed by atoms with E-state index >= 15 is 0 Å². The fourth-order valence-electron chi connectivity index (χ4n) is 4.52. The molecule has 0 unspecified atom stereocenters. The Morgan fingerprint density at radius 2 is 1.71 bits per heavy atom. The summed E-state index contributed by atoms with van der Waals surface area (Å²) in [5.41, 5.74) is 10.3. The van der Waals surface area contributed by atoms with Crippen LogP contribution in [0.25, 0.3) is 0 Å². The Labute approximate surface area is 204 Å². The highest BCUT2D eigenvalue weighted by Crippen LogP contribution is 2.21. The van der Waals surface area contributed by atoms with E-state index in [0.29, 0.717) is 48.3 Å². The van der Waals surface area contributed by atoms with Crippen molar-refractivity contribution in [2.24, 2.45) is 5.73 Å². The van der Waals surface area contributed by atoms with Gasteiger partial charge in [-0.2, -0.15) is 0 Å². The molecule has 34 heavy (non-hydrogen) atoms. The largest absolute Gasteiger partial charge is 0.328 e. The predicted molar refractivity (Wildman–Crippen MR) is 136 cm³/mol. The zero-order chi connectivity index (χ0) is 24.6. The second-order valence-electron chi connectivity index (χ2n) is 9.43. The molecule has 0 spiro atoms. The van der Waals surface area contributed by atoms with Crippen LogP contribution >= 0.6 is 0 Å². The minimum absolute atomic E-state index is 0.0509. The quantitative estimate of drug-likeness (QED) is 0.156. The molecular weight excluding hydrogens is 430 g/mol. The number of unbranched alkanes of at least 4 members (excludes halogenated alkanes) is 6. The van der Waals surface area contributed by atoms with Crippen LogP contribution in [0.1, 0.15) is 93.0 Å². The van der Waals surface area contributed by atoms with E-state index < -0.39 is 0 Å². The molecule has 1 aliphatic rings. The highest BCUT2D eigenvalue weighted by molar-refractivity contribution is 5.93. The van der Waals surface area contributed by atoms with Crippen molar-refractivity contribution in [2.75, 3.05) is 18.9 Å². The molecule has 0 radical (unpaired) electrons. The summed E-state index contributed by atoms with van der Waals surface area (Å²) in [6.45, 7) is 1.42. The maximum atomic E-state index is 12.4. The van der Waals surface area contributed by atoms with Gasteiger partial charge in [0, 0.05) is 48.9 Å². The first-order valence-corrected chi connectivity index (χ1v) is 12.8. The molecule has 2 amide bonds. The summed E-state index contributed by atoms with van der Waals surface area (Å²) in [5, 5.41) is 8.17. The van der Waals surface area contributed by atoms with Gasteiger partial charge in [-0.1, -0.05) is 44.2 Å². The molecular formula is C26H43N5O3. The summed E-state index contributed by atoms with van der Waals surface area (Å²) in [6, 6.07) is 6.31. The zero-order valence-corrected chi connectivity index (χ0v) is 20.7. The maximum absolute atomic E-state index is 12.4. The second kappa shape index (κ2) is 16.4. The number of hydrogen-bond donors (Lipinski definition) is 4. The van der Waals surface area contributed by atoms with Crippen LogP contribution in [0, 0.1) is 0 Å². The Morgan fingerprint density at radius 3 is 2.38 bits per heavy atom. The molecule has 1 aromatic carbocycles. The maximum Gasteiger partial charge on any atom is 0.224 e. The first-order chi connectivity index (χ1) is 16.5.